The second kappa shape index (κ2) is 6.07. The zero-order valence-corrected chi connectivity index (χ0v) is 12.0. The Morgan fingerprint density at radius 3 is 2.47 bits per heavy atom. The molecule has 0 aromatic rings. The SMILES string of the molecule is CC(C)NC(C)(CC(C)SC1COC1)C(N)=O. The van der Waals surface area contributed by atoms with Gasteiger partial charge >= 0.3 is 0 Å². The zero-order valence-electron chi connectivity index (χ0n) is 11.2. The number of hydrogen-bond acceptors (Lipinski definition) is 4. The summed E-state index contributed by atoms with van der Waals surface area (Å²) in [6.45, 7) is 9.76. The Bertz CT molecular complexity index is 269. The molecule has 1 heterocycles. The van der Waals surface area contributed by atoms with E-state index in [-0.39, 0.29) is 11.9 Å². The highest BCUT2D eigenvalue weighted by molar-refractivity contribution is 8.00. The van der Waals surface area contributed by atoms with Crippen LogP contribution in [0.15, 0.2) is 0 Å². The van der Waals surface area contributed by atoms with E-state index in [9.17, 15) is 4.79 Å². The van der Waals surface area contributed by atoms with Crippen LogP contribution in [0.3, 0.4) is 0 Å². The van der Waals surface area contributed by atoms with Crippen LogP contribution >= 0.6 is 11.8 Å². The third kappa shape index (κ3) is 4.48. The molecule has 1 fully saturated rings. The lowest BCUT2D eigenvalue weighted by Gasteiger charge is -2.34. The maximum Gasteiger partial charge on any atom is 0.237 e. The number of nitrogens with one attached hydrogen (secondary N) is 1. The minimum absolute atomic E-state index is 0.247. The van der Waals surface area contributed by atoms with Gasteiger partial charge in [-0.3, -0.25) is 4.79 Å². The van der Waals surface area contributed by atoms with Crippen molar-refractivity contribution in [3.8, 4) is 0 Å². The van der Waals surface area contributed by atoms with E-state index in [4.69, 9.17) is 10.5 Å². The molecule has 4 nitrogen and oxygen atoms in total. The molecule has 0 aromatic heterocycles. The predicted molar refractivity (Wildman–Crippen MR) is 72.1 cm³/mol. The Morgan fingerprint density at radius 2 is 2.12 bits per heavy atom. The number of nitrogens with two attached hydrogens (primary N) is 1. The highest BCUT2D eigenvalue weighted by Gasteiger charge is 2.34. The van der Waals surface area contributed by atoms with Crippen LogP contribution in [0.5, 0.6) is 0 Å². The normalized spacial score (nSPS) is 21.9. The second-order valence-electron chi connectivity index (χ2n) is 5.31. The van der Waals surface area contributed by atoms with Crippen molar-refractivity contribution in [1.29, 1.82) is 0 Å². The third-order valence-corrected chi connectivity index (χ3v) is 4.17. The smallest absolute Gasteiger partial charge is 0.237 e. The molecule has 0 spiro atoms. The van der Waals surface area contributed by atoms with Gasteiger partial charge in [-0.25, -0.2) is 0 Å². The van der Waals surface area contributed by atoms with Gasteiger partial charge in [0.05, 0.1) is 24.0 Å². The van der Waals surface area contributed by atoms with Crippen LogP contribution in [0.4, 0.5) is 0 Å². The predicted octanol–water partition coefficient (Wildman–Crippen LogP) is 1.14. The van der Waals surface area contributed by atoms with Gasteiger partial charge in [-0.2, -0.15) is 11.8 Å². The van der Waals surface area contributed by atoms with Crippen molar-refractivity contribution in [1.82, 2.24) is 5.32 Å². The van der Waals surface area contributed by atoms with Crippen LogP contribution in [0.25, 0.3) is 0 Å². The monoisotopic (exact) mass is 260 g/mol. The van der Waals surface area contributed by atoms with Crippen molar-refractivity contribution >= 4 is 17.7 Å². The van der Waals surface area contributed by atoms with Crippen molar-refractivity contribution in [3.63, 3.8) is 0 Å². The fourth-order valence-electron chi connectivity index (χ4n) is 2.11. The van der Waals surface area contributed by atoms with Gasteiger partial charge in [-0.05, 0) is 27.2 Å². The number of carbonyl (C=O) groups excluding carboxylic acids is 1. The number of rotatable bonds is 7. The van der Waals surface area contributed by atoms with Gasteiger partial charge in [0, 0.05) is 11.3 Å². The first kappa shape index (κ1) is 14.8. The second-order valence-corrected chi connectivity index (χ2v) is 7.05. The maximum absolute atomic E-state index is 11.6. The van der Waals surface area contributed by atoms with Crippen molar-refractivity contribution in [2.24, 2.45) is 5.73 Å². The van der Waals surface area contributed by atoms with Gasteiger partial charge in [0.2, 0.25) is 5.91 Å². The first-order valence-corrected chi connectivity index (χ1v) is 7.08. The number of carbonyl (C=O) groups is 1. The molecule has 0 aliphatic carbocycles. The Labute approximate surface area is 108 Å². The van der Waals surface area contributed by atoms with Crippen molar-refractivity contribution < 1.29 is 9.53 Å². The topological polar surface area (TPSA) is 64.3 Å². The van der Waals surface area contributed by atoms with Crippen LogP contribution in [0.2, 0.25) is 0 Å². The van der Waals surface area contributed by atoms with E-state index in [1.807, 2.05) is 32.5 Å². The maximum atomic E-state index is 11.6. The van der Waals surface area contributed by atoms with E-state index in [1.54, 1.807) is 0 Å². The van der Waals surface area contributed by atoms with Crippen molar-refractivity contribution in [2.45, 2.75) is 56.2 Å². The molecule has 1 aliphatic heterocycles. The highest BCUT2D eigenvalue weighted by atomic mass is 32.2. The summed E-state index contributed by atoms with van der Waals surface area (Å²) in [5.41, 5.74) is 4.89. The molecule has 0 saturated carbocycles. The Morgan fingerprint density at radius 1 is 1.53 bits per heavy atom. The third-order valence-electron chi connectivity index (χ3n) is 2.88. The van der Waals surface area contributed by atoms with Crippen LogP contribution in [-0.2, 0) is 9.53 Å². The molecule has 0 aromatic carbocycles. The lowest BCUT2D eigenvalue weighted by molar-refractivity contribution is -0.124. The molecule has 0 bridgehead atoms. The summed E-state index contributed by atoms with van der Waals surface area (Å²) in [6.07, 6.45) is 0.752. The van der Waals surface area contributed by atoms with E-state index in [0.717, 1.165) is 19.6 Å². The fraction of sp³-hybridized carbons (Fsp3) is 0.917. The largest absolute Gasteiger partial charge is 0.379 e. The zero-order chi connectivity index (χ0) is 13.1. The van der Waals surface area contributed by atoms with E-state index in [0.29, 0.717) is 10.5 Å². The van der Waals surface area contributed by atoms with Gasteiger partial charge in [-0.15, -0.1) is 0 Å². The Kier molecular flexibility index (Phi) is 5.28. The molecule has 0 radical (unpaired) electrons. The standard InChI is InChI=1S/C12H24N2O2S/c1-8(2)14-12(4,11(13)15)5-9(3)17-10-6-16-7-10/h8-10,14H,5-7H2,1-4H3,(H2,13,15). The summed E-state index contributed by atoms with van der Waals surface area (Å²) >= 11 is 1.88. The van der Waals surface area contributed by atoms with Crippen LogP contribution in [-0.4, -0.2) is 41.2 Å². The number of primary amides is 1. The van der Waals surface area contributed by atoms with E-state index >= 15 is 0 Å². The minimum atomic E-state index is -0.620. The van der Waals surface area contributed by atoms with E-state index in [2.05, 4.69) is 12.2 Å². The number of ether oxygens (including phenoxy) is 1. The lowest BCUT2D eigenvalue weighted by atomic mass is 9.94. The molecule has 1 saturated heterocycles. The molecule has 100 valence electrons. The molecular weight excluding hydrogens is 236 g/mol. The van der Waals surface area contributed by atoms with Crippen LogP contribution < -0.4 is 11.1 Å². The van der Waals surface area contributed by atoms with Crippen molar-refractivity contribution in [2.75, 3.05) is 13.2 Å². The molecule has 2 atom stereocenters. The Balaban J connectivity index is 2.49. The summed E-state index contributed by atoms with van der Waals surface area (Å²) in [6, 6.07) is 0.247. The van der Waals surface area contributed by atoms with Crippen LogP contribution in [0.1, 0.15) is 34.1 Å². The highest BCUT2D eigenvalue weighted by Crippen LogP contribution is 2.29. The van der Waals surface area contributed by atoms with E-state index < -0.39 is 5.54 Å². The molecule has 1 amide bonds. The summed E-state index contributed by atoms with van der Waals surface area (Å²) in [7, 11) is 0. The number of thioether (sulfide) groups is 1. The lowest BCUT2D eigenvalue weighted by Crippen LogP contribution is -2.56. The number of amides is 1. The molecule has 3 N–H and O–H groups in total. The first-order chi connectivity index (χ1) is 7.83. The first-order valence-electron chi connectivity index (χ1n) is 6.14. The summed E-state index contributed by atoms with van der Waals surface area (Å²) < 4.78 is 5.15. The fourth-order valence-corrected chi connectivity index (χ4v) is 3.55. The van der Waals surface area contributed by atoms with E-state index in [1.165, 1.54) is 0 Å². The van der Waals surface area contributed by atoms with Gasteiger partial charge in [0.25, 0.3) is 0 Å². The summed E-state index contributed by atoms with van der Waals surface area (Å²) in [4.78, 5) is 11.6. The van der Waals surface area contributed by atoms with Gasteiger partial charge in [0.1, 0.15) is 0 Å². The number of hydrogen-bond donors (Lipinski definition) is 2. The molecule has 2 unspecified atom stereocenters. The molecule has 1 rings (SSSR count). The molecule has 5 heteroatoms. The molecule has 1 aliphatic rings. The molecular formula is C12H24N2O2S. The Hall–Kier alpha value is -0.260. The van der Waals surface area contributed by atoms with Gasteiger partial charge in [-0.1, -0.05) is 6.92 Å². The van der Waals surface area contributed by atoms with Gasteiger partial charge < -0.3 is 15.8 Å². The summed E-state index contributed by atoms with van der Waals surface area (Å²) in [5.74, 6) is -0.275. The van der Waals surface area contributed by atoms with Gasteiger partial charge in [0.15, 0.2) is 0 Å². The summed E-state index contributed by atoms with van der Waals surface area (Å²) in [5, 5.41) is 4.26. The molecule has 17 heavy (non-hydrogen) atoms. The average molecular weight is 260 g/mol. The average Bonchev–Trinajstić information content (AvgIpc) is 2.09. The minimum Gasteiger partial charge on any atom is -0.379 e. The quantitative estimate of drug-likeness (QED) is 0.720. The van der Waals surface area contributed by atoms with Crippen molar-refractivity contribution in [3.05, 3.63) is 0 Å². The van der Waals surface area contributed by atoms with Crippen LogP contribution in [0, 0.1) is 0 Å².